The van der Waals surface area contributed by atoms with Crippen molar-refractivity contribution in [2.45, 2.75) is 18.8 Å². The van der Waals surface area contributed by atoms with E-state index in [0.717, 1.165) is 44.0 Å². The Morgan fingerprint density at radius 1 is 0.972 bits per heavy atom. The van der Waals surface area contributed by atoms with Gasteiger partial charge in [-0.2, -0.15) is 0 Å². The molecule has 1 saturated heterocycles. The highest BCUT2D eigenvalue weighted by Gasteiger charge is 2.27. The topological polar surface area (TPSA) is 85.2 Å². The number of aliphatic hydroxyl groups excluding tert-OH is 1. The van der Waals surface area contributed by atoms with Crippen LogP contribution in [-0.4, -0.2) is 78.6 Å². The van der Waals surface area contributed by atoms with E-state index in [9.17, 15) is 14.7 Å². The Kier molecular flexibility index (Phi) is 9.15. The molecule has 9 heteroatoms. The lowest BCUT2D eigenvalue weighted by Crippen LogP contribution is -2.49. The smallest absolute Gasteiger partial charge is 0.238 e. The molecule has 190 valence electrons. The van der Waals surface area contributed by atoms with Crippen LogP contribution in [0.4, 0.5) is 5.69 Å². The number of nitrogens with zero attached hydrogens (tertiary/aromatic N) is 3. The summed E-state index contributed by atoms with van der Waals surface area (Å²) in [4.78, 5) is 33.7. The van der Waals surface area contributed by atoms with Gasteiger partial charge in [0.1, 0.15) is 5.76 Å². The second kappa shape index (κ2) is 12.5. The number of anilines is 1. The average molecular weight is 529 g/mol. The summed E-state index contributed by atoms with van der Waals surface area (Å²) in [5, 5.41) is 14.6. The number of carbonyl (C=O) groups excluding carboxylic acids is 2. The van der Waals surface area contributed by atoms with Gasteiger partial charge in [0.25, 0.3) is 0 Å². The second-order valence-electron chi connectivity index (χ2n) is 9.15. The maximum absolute atomic E-state index is 12.6. The van der Waals surface area contributed by atoms with Gasteiger partial charge in [-0.1, -0.05) is 35.3 Å². The number of halogens is 2. The first-order chi connectivity index (χ1) is 17.4. The highest BCUT2D eigenvalue weighted by Crippen LogP contribution is 2.33. The number of allylic oxidation sites excluding steroid dienone is 2. The third kappa shape index (κ3) is 7.40. The Bertz CT molecular complexity index is 1120. The predicted octanol–water partition coefficient (Wildman–Crippen LogP) is 4.58. The maximum Gasteiger partial charge on any atom is 0.238 e. The molecule has 4 rings (SSSR count). The highest BCUT2D eigenvalue weighted by atomic mass is 35.5. The van der Waals surface area contributed by atoms with Crippen molar-refractivity contribution < 1.29 is 14.7 Å². The molecule has 1 aliphatic heterocycles. The van der Waals surface area contributed by atoms with E-state index in [4.69, 9.17) is 23.2 Å². The summed E-state index contributed by atoms with van der Waals surface area (Å²) >= 11 is 11.8. The summed E-state index contributed by atoms with van der Waals surface area (Å²) in [6.45, 7) is 4.95. The van der Waals surface area contributed by atoms with Crippen molar-refractivity contribution in [2.75, 3.05) is 51.1 Å². The molecule has 2 N–H and O–H groups in total. The van der Waals surface area contributed by atoms with Crippen LogP contribution in [-0.2, 0) is 9.59 Å². The van der Waals surface area contributed by atoms with Gasteiger partial charge >= 0.3 is 0 Å². The quantitative estimate of drug-likeness (QED) is 0.490. The third-order valence-electron chi connectivity index (χ3n) is 6.55. The molecule has 0 aromatic heterocycles. The molecule has 7 nitrogen and oxygen atoms in total. The summed E-state index contributed by atoms with van der Waals surface area (Å²) in [6.07, 6.45) is 2.29. The largest absolute Gasteiger partial charge is 0.511 e. The van der Waals surface area contributed by atoms with Crippen LogP contribution in [0.2, 0.25) is 10.0 Å². The number of aliphatic hydroxyl groups is 1. The van der Waals surface area contributed by atoms with E-state index in [0.29, 0.717) is 41.5 Å². The average Bonchev–Trinajstić information content (AvgIpc) is 2.86. The number of carbonyl (C=O) groups is 2. The lowest BCUT2D eigenvalue weighted by atomic mass is 9.83. The number of nitrogens with one attached hydrogen (secondary N) is 1. The minimum atomic E-state index is -0.0899. The normalized spacial score (nSPS) is 19.7. The first-order valence-electron chi connectivity index (χ1n) is 12.1. The van der Waals surface area contributed by atoms with Gasteiger partial charge in [0.15, 0.2) is 5.78 Å². The van der Waals surface area contributed by atoms with E-state index in [-0.39, 0.29) is 23.4 Å². The first-order valence-corrected chi connectivity index (χ1v) is 12.8. The minimum absolute atomic E-state index is 0.0427. The van der Waals surface area contributed by atoms with Crippen LogP contribution in [0, 0.1) is 0 Å². The van der Waals surface area contributed by atoms with Crippen molar-refractivity contribution >= 4 is 46.8 Å². The molecule has 0 radical (unpaired) electrons. The number of amides is 1. The Labute approximate surface area is 221 Å². The number of hydrogen-bond acceptors (Lipinski definition) is 6. The molecule has 36 heavy (non-hydrogen) atoms. The van der Waals surface area contributed by atoms with E-state index < -0.39 is 0 Å². The molecule has 0 spiro atoms. The summed E-state index contributed by atoms with van der Waals surface area (Å²) in [7, 11) is 0. The van der Waals surface area contributed by atoms with Crippen LogP contribution in [0.5, 0.6) is 0 Å². The number of piperazine rings is 1. The van der Waals surface area contributed by atoms with Gasteiger partial charge in [-0.3, -0.25) is 24.4 Å². The standard InChI is InChI=1S/C27H30Cl2N4O3/c28-21-3-1-19(2-4-21)20-15-25(34)24(26(35)16-20)17-30-9-10-32-11-13-33(14-12-32)18-27(36)31-23-7-5-22(29)6-8-23/h1-8,17,20,34H,9-16,18H2,(H,31,36). The van der Waals surface area contributed by atoms with Crippen LogP contribution >= 0.6 is 23.2 Å². The molecular weight excluding hydrogens is 499 g/mol. The molecular formula is C27H30Cl2N4O3. The minimum Gasteiger partial charge on any atom is -0.511 e. The van der Waals surface area contributed by atoms with Crippen molar-refractivity contribution in [3.8, 4) is 0 Å². The number of rotatable bonds is 8. The van der Waals surface area contributed by atoms with Crippen molar-refractivity contribution in [3.05, 3.63) is 75.5 Å². The van der Waals surface area contributed by atoms with Gasteiger partial charge in [0.05, 0.1) is 18.7 Å². The fourth-order valence-corrected chi connectivity index (χ4v) is 4.74. The lowest BCUT2D eigenvalue weighted by Gasteiger charge is -2.33. The molecule has 2 aliphatic rings. The number of ketones is 1. The SMILES string of the molecule is O=C(CN1CCN(CCN=CC2=C(O)CC(c3ccc(Cl)cc3)CC2=O)CC1)Nc1ccc(Cl)cc1. The van der Waals surface area contributed by atoms with E-state index in [1.54, 1.807) is 36.4 Å². The zero-order chi connectivity index (χ0) is 25.5. The monoisotopic (exact) mass is 528 g/mol. The summed E-state index contributed by atoms with van der Waals surface area (Å²) in [5.74, 6) is -0.0798. The van der Waals surface area contributed by atoms with Gasteiger partial charge in [-0.05, 0) is 47.9 Å². The van der Waals surface area contributed by atoms with Gasteiger partial charge in [-0.25, -0.2) is 0 Å². The van der Waals surface area contributed by atoms with Crippen molar-refractivity contribution in [1.29, 1.82) is 0 Å². The predicted molar refractivity (Wildman–Crippen MR) is 144 cm³/mol. The zero-order valence-corrected chi connectivity index (χ0v) is 21.5. The molecule has 1 atom stereocenters. The molecule has 2 aromatic carbocycles. The van der Waals surface area contributed by atoms with Crippen LogP contribution in [0.25, 0.3) is 0 Å². The number of Topliss-reactive ketones (excluding diaryl/α,β-unsaturated/α-hetero) is 1. The summed E-state index contributed by atoms with van der Waals surface area (Å²) < 4.78 is 0. The molecule has 1 amide bonds. The van der Waals surface area contributed by atoms with E-state index >= 15 is 0 Å². The van der Waals surface area contributed by atoms with Crippen molar-refractivity contribution in [3.63, 3.8) is 0 Å². The number of aliphatic imine (C=N–C) groups is 1. The van der Waals surface area contributed by atoms with Gasteiger partial charge in [0, 0.05) is 67.5 Å². The van der Waals surface area contributed by atoms with Crippen LogP contribution < -0.4 is 5.32 Å². The Balaban J connectivity index is 1.18. The number of hydrogen-bond donors (Lipinski definition) is 2. The molecule has 1 aliphatic carbocycles. The molecule has 1 fully saturated rings. The fourth-order valence-electron chi connectivity index (χ4n) is 4.49. The van der Waals surface area contributed by atoms with Crippen molar-refractivity contribution in [1.82, 2.24) is 9.80 Å². The molecule has 1 heterocycles. The first kappa shape index (κ1) is 26.4. The Hall–Kier alpha value is -2.71. The second-order valence-corrected chi connectivity index (χ2v) is 10.0. The molecule has 0 bridgehead atoms. The van der Waals surface area contributed by atoms with E-state index in [1.807, 2.05) is 12.1 Å². The maximum atomic E-state index is 12.6. The third-order valence-corrected chi connectivity index (χ3v) is 7.05. The van der Waals surface area contributed by atoms with Gasteiger partial charge in [0.2, 0.25) is 5.91 Å². The van der Waals surface area contributed by atoms with Gasteiger partial charge < -0.3 is 10.4 Å². The summed E-state index contributed by atoms with van der Waals surface area (Å²) in [6, 6.07) is 14.5. The van der Waals surface area contributed by atoms with Gasteiger partial charge in [-0.15, -0.1) is 0 Å². The number of benzene rings is 2. The van der Waals surface area contributed by atoms with Crippen LogP contribution in [0.3, 0.4) is 0 Å². The lowest BCUT2D eigenvalue weighted by molar-refractivity contribution is -0.118. The summed E-state index contributed by atoms with van der Waals surface area (Å²) in [5.41, 5.74) is 2.05. The fraction of sp³-hybridized carbons (Fsp3) is 0.370. The van der Waals surface area contributed by atoms with Crippen LogP contribution in [0.15, 0.2) is 64.9 Å². The molecule has 1 unspecified atom stereocenters. The van der Waals surface area contributed by atoms with Crippen molar-refractivity contribution in [2.24, 2.45) is 4.99 Å². The van der Waals surface area contributed by atoms with Crippen LogP contribution in [0.1, 0.15) is 24.3 Å². The van der Waals surface area contributed by atoms with E-state index in [2.05, 4.69) is 20.1 Å². The van der Waals surface area contributed by atoms with E-state index in [1.165, 1.54) is 6.21 Å². The molecule has 0 saturated carbocycles. The zero-order valence-electron chi connectivity index (χ0n) is 20.0. The Morgan fingerprint density at radius 2 is 1.58 bits per heavy atom. The Morgan fingerprint density at radius 3 is 2.22 bits per heavy atom. The highest BCUT2D eigenvalue weighted by molar-refractivity contribution is 6.30. The molecule has 2 aromatic rings.